The first-order valence-corrected chi connectivity index (χ1v) is 8.04. The molecule has 0 aliphatic carbocycles. The molecular weight excluding hydrogens is 266 g/mol. The predicted molar refractivity (Wildman–Crippen MR) is 76.2 cm³/mol. The van der Waals surface area contributed by atoms with Crippen molar-refractivity contribution in [2.24, 2.45) is 0 Å². The summed E-state index contributed by atoms with van der Waals surface area (Å²) in [5.41, 5.74) is -0.520. The molecule has 0 aromatic rings. The Morgan fingerprint density at radius 1 is 1.26 bits per heavy atom. The molecule has 0 spiro atoms. The first-order chi connectivity index (χ1) is 8.61. The SMILES string of the molecule is CC(CCNC(=O)CCC(=O)OC(C)(C)C)S(C)=O. The largest absolute Gasteiger partial charge is 0.460 e. The number of amides is 1. The zero-order valence-electron chi connectivity index (χ0n) is 12.4. The summed E-state index contributed by atoms with van der Waals surface area (Å²) in [6.45, 7) is 7.72. The highest BCUT2D eigenvalue weighted by Crippen LogP contribution is 2.09. The third kappa shape index (κ3) is 10.7. The van der Waals surface area contributed by atoms with Crippen molar-refractivity contribution in [1.29, 1.82) is 0 Å². The number of hydrogen-bond acceptors (Lipinski definition) is 4. The lowest BCUT2D eigenvalue weighted by molar-refractivity contribution is -0.155. The Morgan fingerprint density at radius 3 is 2.32 bits per heavy atom. The van der Waals surface area contributed by atoms with E-state index in [4.69, 9.17) is 4.74 Å². The molecule has 1 N–H and O–H groups in total. The number of nitrogens with one attached hydrogen (secondary N) is 1. The summed E-state index contributed by atoms with van der Waals surface area (Å²) in [6, 6.07) is 0. The fourth-order valence-electron chi connectivity index (χ4n) is 1.28. The van der Waals surface area contributed by atoms with Gasteiger partial charge < -0.3 is 10.1 Å². The lowest BCUT2D eigenvalue weighted by Gasteiger charge is -2.19. The molecule has 0 aliphatic rings. The summed E-state index contributed by atoms with van der Waals surface area (Å²) in [7, 11) is -0.873. The van der Waals surface area contributed by atoms with Gasteiger partial charge in [0, 0.05) is 35.3 Å². The molecule has 0 aliphatic heterocycles. The van der Waals surface area contributed by atoms with Crippen LogP contribution < -0.4 is 5.32 Å². The van der Waals surface area contributed by atoms with Crippen LogP contribution in [0.15, 0.2) is 0 Å². The lowest BCUT2D eigenvalue weighted by Crippen LogP contribution is -2.29. The van der Waals surface area contributed by atoms with Crippen LogP contribution in [0.3, 0.4) is 0 Å². The van der Waals surface area contributed by atoms with Gasteiger partial charge in [-0.3, -0.25) is 13.8 Å². The van der Waals surface area contributed by atoms with Crippen LogP contribution in [0.2, 0.25) is 0 Å². The molecule has 0 saturated heterocycles. The lowest BCUT2D eigenvalue weighted by atomic mass is 10.2. The van der Waals surface area contributed by atoms with Crippen LogP contribution in [-0.4, -0.2) is 39.7 Å². The topological polar surface area (TPSA) is 72.5 Å². The van der Waals surface area contributed by atoms with Crippen molar-refractivity contribution in [3.05, 3.63) is 0 Å². The molecule has 1 amide bonds. The van der Waals surface area contributed by atoms with E-state index < -0.39 is 16.4 Å². The monoisotopic (exact) mass is 291 g/mol. The maximum absolute atomic E-state index is 11.5. The maximum atomic E-state index is 11.5. The number of esters is 1. The van der Waals surface area contributed by atoms with Crippen molar-refractivity contribution in [2.75, 3.05) is 12.8 Å². The Balaban J connectivity index is 3.76. The highest BCUT2D eigenvalue weighted by Gasteiger charge is 2.17. The van der Waals surface area contributed by atoms with Gasteiger partial charge in [-0.2, -0.15) is 0 Å². The van der Waals surface area contributed by atoms with Gasteiger partial charge in [-0.25, -0.2) is 0 Å². The molecule has 0 heterocycles. The van der Waals surface area contributed by atoms with Gasteiger partial charge in [0.2, 0.25) is 5.91 Å². The first-order valence-electron chi connectivity index (χ1n) is 6.42. The summed E-state index contributed by atoms with van der Waals surface area (Å²) in [5, 5.41) is 2.77. The van der Waals surface area contributed by atoms with Gasteiger partial charge in [0.05, 0.1) is 6.42 Å². The predicted octanol–water partition coefficient (Wildman–Crippen LogP) is 1.38. The highest BCUT2D eigenvalue weighted by atomic mass is 32.2. The quantitative estimate of drug-likeness (QED) is 0.719. The zero-order valence-corrected chi connectivity index (χ0v) is 13.3. The molecule has 112 valence electrons. The van der Waals surface area contributed by atoms with Gasteiger partial charge in [-0.15, -0.1) is 0 Å². The van der Waals surface area contributed by atoms with Crippen molar-refractivity contribution in [3.8, 4) is 0 Å². The molecule has 0 aromatic carbocycles. The summed E-state index contributed by atoms with van der Waals surface area (Å²) in [4.78, 5) is 22.9. The van der Waals surface area contributed by atoms with E-state index in [-0.39, 0.29) is 30.0 Å². The molecule has 0 aromatic heterocycles. The summed E-state index contributed by atoms with van der Waals surface area (Å²) < 4.78 is 16.2. The van der Waals surface area contributed by atoms with Gasteiger partial charge >= 0.3 is 5.97 Å². The van der Waals surface area contributed by atoms with E-state index >= 15 is 0 Å². The standard InChI is InChI=1S/C13H25NO4S/c1-10(19(5)17)8-9-14-11(15)6-7-12(16)18-13(2,3)4/h10H,6-9H2,1-5H3,(H,14,15). The summed E-state index contributed by atoms with van der Waals surface area (Å²) >= 11 is 0. The van der Waals surface area contributed by atoms with Crippen LogP contribution in [-0.2, 0) is 25.1 Å². The third-order valence-corrected chi connectivity index (χ3v) is 3.78. The number of carbonyl (C=O) groups excluding carboxylic acids is 2. The van der Waals surface area contributed by atoms with E-state index in [9.17, 15) is 13.8 Å². The molecule has 5 nitrogen and oxygen atoms in total. The maximum Gasteiger partial charge on any atom is 0.306 e. The minimum absolute atomic E-state index is 0.0613. The Labute approximate surface area is 117 Å². The van der Waals surface area contributed by atoms with Gasteiger partial charge in [0.1, 0.15) is 5.60 Å². The van der Waals surface area contributed by atoms with Gasteiger partial charge in [0.25, 0.3) is 0 Å². The summed E-state index contributed by atoms with van der Waals surface area (Å²) in [6.07, 6.45) is 2.52. The Kier molecular flexibility index (Phi) is 7.90. The minimum Gasteiger partial charge on any atom is -0.460 e. The minimum atomic E-state index is -0.873. The highest BCUT2D eigenvalue weighted by molar-refractivity contribution is 7.84. The average molecular weight is 291 g/mol. The van der Waals surface area contributed by atoms with Crippen LogP contribution in [0.1, 0.15) is 47.0 Å². The fourth-order valence-corrected chi connectivity index (χ4v) is 1.73. The van der Waals surface area contributed by atoms with Crippen LogP contribution in [0, 0.1) is 0 Å². The first kappa shape index (κ1) is 18.1. The van der Waals surface area contributed by atoms with Crippen molar-refractivity contribution in [3.63, 3.8) is 0 Å². The van der Waals surface area contributed by atoms with Crippen LogP contribution in [0.4, 0.5) is 0 Å². The van der Waals surface area contributed by atoms with E-state index in [0.29, 0.717) is 13.0 Å². The Hall–Kier alpha value is -0.910. The number of hydrogen-bond donors (Lipinski definition) is 1. The molecule has 2 atom stereocenters. The van der Waals surface area contributed by atoms with E-state index in [2.05, 4.69) is 5.32 Å². The van der Waals surface area contributed by atoms with Crippen molar-refractivity contribution >= 4 is 22.7 Å². The van der Waals surface area contributed by atoms with Crippen molar-refractivity contribution in [1.82, 2.24) is 5.32 Å². The molecule has 0 rings (SSSR count). The average Bonchev–Trinajstić information content (AvgIpc) is 2.23. The third-order valence-electron chi connectivity index (χ3n) is 2.42. The molecule has 0 radical (unpaired) electrons. The Morgan fingerprint density at radius 2 is 1.84 bits per heavy atom. The molecule has 0 saturated carbocycles. The molecule has 0 fully saturated rings. The Bertz CT molecular complexity index is 336. The molecule has 6 heteroatoms. The van der Waals surface area contributed by atoms with Crippen molar-refractivity contribution < 1.29 is 18.5 Å². The van der Waals surface area contributed by atoms with Gasteiger partial charge in [0.15, 0.2) is 0 Å². The van der Waals surface area contributed by atoms with Crippen LogP contribution >= 0.6 is 0 Å². The fraction of sp³-hybridized carbons (Fsp3) is 0.846. The van der Waals surface area contributed by atoms with Crippen molar-refractivity contribution in [2.45, 2.75) is 57.8 Å². The van der Waals surface area contributed by atoms with Crippen LogP contribution in [0.5, 0.6) is 0 Å². The van der Waals surface area contributed by atoms with Crippen LogP contribution in [0.25, 0.3) is 0 Å². The van der Waals surface area contributed by atoms with E-state index in [1.165, 1.54) is 0 Å². The zero-order chi connectivity index (χ0) is 15.1. The number of carbonyl (C=O) groups is 2. The van der Waals surface area contributed by atoms with Gasteiger partial charge in [-0.1, -0.05) is 6.92 Å². The van der Waals surface area contributed by atoms with E-state index in [1.54, 1.807) is 27.0 Å². The van der Waals surface area contributed by atoms with E-state index in [1.807, 2.05) is 6.92 Å². The molecule has 19 heavy (non-hydrogen) atoms. The second-order valence-electron chi connectivity index (χ2n) is 5.53. The normalized spacial score (nSPS) is 14.6. The number of rotatable bonds is 7. The number of ether oxygens (including phenoxy) is 1. The molecule has 0 bridgehead atoms. The second-order valence-corrected chi connectivity index (χ2v) is 7.34. The molecule has 2 unspecified atom stereocenters. The molecular formula is C13H25NO4S. The van der Waals surface area contributed by atoms with E-state index in [0.717, 1.165) is 0 Å². The van der Waals surface area contributed by atoms with Gasteiger partial charge in [-0.05, 0) is 27.2 Å². The second kappa shape index (κ2) is 8.30. The summed E-state index contributed by atoms with van der Waals surface area (Å²) in [5.74, 6) is -0.550. The smallest absolute Gasteiger partial charge is 0.306 e.